The molecule has 0 unspecified atom stereocenters. The molecule has 5 nitrogen and oxygen atoms in total. The quantitative estimate of drug-likeness (QED) is 0.742. The van der Waals surface area contributed by atoms with E-state index in [4.69, 9.17) is 0 Å². The van der Waals surface area contributed by atoms with Crippen molar-refractivity contribution in [3.63, 3.8) is 0 Å². The SMILES string of the molecule is Cc1cc(C(C)(C)C)ccc1Nc1nc(-c2cccnc2)ncc1C#N. The van der Waals surface area contributed by atoms with Crippen molar-refractivity contribution in [3.8, 4) is 17.5 Å². The average molecular weight is 343 g/mol. The summed E-state index contributed by atoms with van der Waals surface area (Å²) in [6, 6.07) is 12.2. The van der Waals surface area contributed by atoms with Gasteiger partial charge in [0.25, 0.3) is 0 Å². The maximum atomic E-state index is 9.40. The molecule has 3 aromatic rings. The van der Waals surface area contributed by atoms with E-state index >= 15 is 0 Å². The van der Waals surface area contributed by atoms with Crippen molar-refractivity contribution in [2.75, 3.05) is 5.32 Å². The lowest BCUT2D eigenvalue weighted by Crippen LogP contribution is -2.11. The van der Waals surface area contributed by atoms with Crippen LogP contribution in [0.15, 0.2) is 48.9 Å². The number of anilines is 2. The van der Waals surface area contributed by atoms with Gasteiger partial charge in [0.15, 0.2) is 11.6 Å². The first kappa shape index (κ1) is 17.6. The van der Waals surface area contributed by atoms with Gasteiger partial charge in [-0.05, 0) is 41.7 Å². The summed E-state index contributed by atoms with van der Waals surface area (Å²) in [5.74, 6) is 1.02. The molecule has 5 heteroatoms. The van der Waals surface area contributed by atoms with Crippen LogP contribution in [0.2, 0.25) is 0 Å². The zero-order valence-corrected chi connectivity index (χ0v) is 15.4. The van der Waals surface area contributed by atoms with Crippen molar-refractivity contribution in [1.29, 1.82) is 5.26 Å². The van der Waals surface area contributed by atoms with Crippen LogP contribution in [-0.4, -0.2) is 15.0 Å². The molecule has 0 saturated carbocycles. The smallest absolute Gasteiger partial charge is 0.163 e. The lowest BCUT2D eigenvalue weighted by Gasteiger charge is -2.21. The van der Waals surface area contributed by atoms with Crippen molar-refractivity contribution in [3.05, 3.63) is 65.6 Å². The van der Waals surface area contributed by atoms with Gasteiger partial charge in [-0.2, -0.15) is 5.26 Å². The maximum absolute atomic E-state index is 9.40. The van der Waals surface area contributed by atoms with Crippen molar-refractivity contribution in [2.24, 2.45) is 0 Å². The average Bonchev–Trinajstić information content (AvgIpc) is 2.63. The molecule has 0 aliphatic rings. The Labute approximate surface area is 153 Å². The fraction of sp³-hybridized carbons (Fsp3) is 0.238. The number of rotatable bonds is 3. The first-order valence-electron chi connectivity index (χ1n) is 8.44. The molecule has 0 aliphatic heterocycles. The number of nitrogens with one attached hydrogen (secondary N) is 1. The molecular weight excluding hydrogens is 322 g/mol. The Morgan fingerprint density at radius 2 is 1.92 bits per heavy atom. The number of benzene rings is 1. The predicted octanol–water partition coefficient (Wildman–Crippen LogP) is 4.76. The van der Waals surface area contributed by atoms with Crippen molar-refractivity contribution < 1.29 is 0 Å². The van der Waals surface area contributed by atoms with Gasteiger partial charge in [0.1, 0.15) is 11.6 Å². The molecule has 130 valence electrons. The fourth-order valence-corrected chi connectivity index (χ4v) is 2.59. The second-order valence-corrected chi connectivity index (χ2v) is 7.21. The largest absolute Gasteiger partial charge is 0.339 e. The minimum Gasteiger partial charge on any atom is -0.339 e. The van der Waals surface area contributed by atoms with Crippen LogP contribution < -0.4 is 5.32 Å². The summed E-state index contributed by atoms with van der Waals surface area (Å²) < 4.78 is 0. The van der Waals surface area contributed by atoms with E-state index in [1.165, 1.54) is 11.8 Å². The summed E-state index contributed by atoms with van der Waals surface area (Å²) in [6.45, 7) is 8.61. The van der Waals surface area contributed by atoms with Crippen molar-refractivity contribution in [1.82, 2.24) is 15.0 Å². The Balaban J connectivity index is 1.98. The summed E-state index contributed by atoms with van der Waals surface area (Å²) in [4.78, 5) is 12.9. The molecule has 2 aromatic heterocycles. The van der Waals surface area contributed by atoms with Gasteiger partial charge in [-0.15, -0.1) is 0 Å². The number of aromatic nitrogens is 3. The van der Waals surface area contributed by atoms with E-state index in [-0.39, 0.29) is 5.41 Å². The zero-order chi connectivity index (χ0) is 18.7. The van der Waals surface area contributed by atoms with Crippen LogP contribution in [0.4, 0.5) is 11.5 Å². The predicted molar refractivity (Wildman–Crippen MR) is 103 cm³/mol. The van der Waals surface area contributed by atoms with E-state index in [0.717, 1.165) is 16.8 Å². The number of hydrogen-bond acceptors (Lipinski definition) is 5. The van der Waals surface area contributed by atoms with Gasteiger partial charge in [-0.25, -0.2) is 9.97 Å². The molecule has 3 rings (SSSR count). The summed E-state index contributed by atoms with van der Waals surface area (Å²) >= 11 is 0. The Morgan fingerprint density at radius 3 is 2.54 bits per heavy atom. The molecule has 1 aromatic carbocycles. The minimum atomic E-state index is 0.0868. The van der Waals surface area contributed by atoms with Gasteiger partial charge in [0, 0.05) is 23.6 Å². The number of nitrogens with zero attached hydrogens (tertiary/aromatic N) is 4. The van der Waals surface area contributed by atoms with Gasteiger partial charge in [-0.3, -0.25) is 4.98 Å². The molecule has 26 heavy (non-hydrogen) atoms. The Hall–Kier alpha value is -3.26. The maximum Gasteiger partial charge on any atom is 0.163 e. The van der Waals surface area contributed by atoms with E-state index < -0.39 is 0 Å². The highest BCUT2D eigenvalue weighted by Crippen LogP contribution is 2.29. The van der Waals surface area contributed by atoms with Crippen LogP contribution in [0.3, 0.4) is 0 Å². The first-order valence-corrected chi connectivity index (χ1v) is 8.44. The lowest BCUT2D eigenvalue weighted by molar-refractivity contribution is 0.590. The van der Waals surface area contributed by atoms with Crippen LogP contribution in [-0.2, 0) is 5.41 Å². The van der Waals surface area contributed by atoms with E-state index in [9.17, 15) is 5.26 Å². The summed E-state index contributed by atoms with van der Waals surface area (Å²) in [5, 5.41) is 12.7. The van der Waals surface area contributed by atoms with E-state index in [0.29, 0.717) is 17.2 Å². The van der Waals surface area contributed by atoms with E-state index in [1.807, 2.05) is 25.1 Å². The third-order valence-corrected chi connectivity index (χ3v) is 4.17. The number of nitriles is 1. The summed E-state index contributed by atoms with van der Waals surface area (Å²) in [5.41, 5.74) is 4.58. The Bertz CT molecular complexity index is 966. The fourth-order valence-electron chi connectivity index (χ4n) is 2.59. The topological polar surface area (TPSA) is 74.5 Å². The molecule has 0 fully saturated rings. The standard InChI is InChI=1S/C21H21N5/c1-14-10-17(21(2,3)4)7-8-18(14)25-20-16(11-22)13-24-19(26-20)15-6-5-9-23-12-15/h5-10,12-13H,1-4H3,(H,24,25,26). The number of hydrogen-bond donors (Lipinski definition) is 1. The summed E-state index contributed by atoms with van der Waals surface area (Å²) in [6.07, 6.45) is 4.94. The number of aryl methyl sites for hydroxylation is 1. The second kappa shape index (κ2) is 6.93. The molecule has 0 amide bonds. The van der Waals surface area contributed by atoms with Gasteiger partial charge in [-0.1, -0.05) is 32.9 Å². The van der Waals surface area contributed by atoms with E-state index in [1.54, 1.807) is 12.4 Å². The molecule has 2 heterocycles. The molecule has 0 spiro atoms. The Morgan fingerprint density at radius 1 is 1.12 bits per heavy atom. The third kappa shape index (κ3) is 3.70. The van der Waals surface area contributed by atoms with E-state index in [2.05, 4.69) is 59.2 Å². The van der Waals surface area contributed by atoms with Gasteiger partial charge < -0.3 is 5.32 Å². The highest BCUT2D eigenvalue weighted by atomic mass is 15.0. The van der Waals surface area contributed by atoms with Crippen LogP contribution >= 0.6 is 0 Å². The lowest BCUT2D eigenvalue weighted by atomic mass is 9.86. The third-order valence-electron chi connectivity index (χ3n) is 4.17. The van der Waals surface area contributed by atoms with Gasteiger partial charge in [0.05, 0.1) is 6.20 Å². The molecule has 0 saturated heterocycles. The van der Waals surface area contributed by atoms with Crippen molar-refractivity contribution >= 4 is 11.5 Å². The molecule has 0 aliphatic carbocycles. The zero-order valence-electron chi connectivity index (χ0n) is 15.4. The number of pyridine rings is 1. The molecule has 0 radical (unpaired) electrons. The van der Waals surface area contributed by atoms with Crippen LogP contribution in [0.1, 0.15) is 37.5 Å². The van der Waals surface area contributed by atoms with Gasteiger partial charge >= 0.3 is 0 Å². The van der Waals surface area contributed by atoms with Gasteiger partial charge in [0.2, 0.25) is 0 Å². The van der Waals surface area contributed by atoms with Crippen molar-refractivity contribution in [2.45, 2.75) is 33.1 Å². The molecule has 1 N–H and O–H groups in total. The van der Waals surface area contributed by atoms with Crippen LogP contribution in [0.25, 0.3) is 11.4 Å². The molecule has 0 bridgehead atoms. The highest BCUT2D eigenvalue weighted by Gasteiger charge is 2.15. The highest BCUT2D eigenvalue weighted by molar-refractivity contribution is 5.68. The first-order chi connectivity index (χ1) is 12.4. The molecule has 0 atom stereocenters. The van der Waals surface area contributed by atoms with Crippen LogP contribution in [0, 0.1) is 18.3 Å². The second-order valence-electron chi connectivity index (χ2n) is 7.21. The molecular formula is C21H21N5. The Kier molecular flexibility index (Phi) is 4.68. The normalized spacial score (nSPS) is 11.0. The monoisotopic (exact) mass is 343 g/mol. The minimum absolute atomic E-state index is 0.0868. The van der Waals surface area contributed by atoms with Crippen LogP contribution in [0.5, 0.6) is 0 Å². The summed E-state index contributed by atoms with van der Waals surface area (Å²) in [7, 11) is 0.